The number of rotatable bonds is 5. The van der Waals surface area contributed by atoms with Crippen LogP contribution in [0.4, 0.5) is 0 Å². The molecule has 0 unspecified atom stereocenters. The zero-order chi connectivity index (χ0) is 19.4. The lowest BCUT2D eigenvalue weighted by Gasteiger charge is -2.11. The van der Waals surface area contributed by atoms with E-state index in [0.717, 1.165) is 28.2 Å². The van der Waals surface area contributed by atoms with E-state index < -0.39 is 0 Å². The molecule has 27 heavy (non-hydrogen) atoms. The van der Waals surface area contributed by atoms with Crippen molar-refractivity contribution >= 4 is 6.21 Å². The molecule has 0 spiro atoms. The predicted octanol–water partition coefficient (Wildman–Crippen LogP) is 5.13. The molecule has 1 heterocycles. The first-order valence-corrected chi connectivity index (χ1v) is 8.91. The van der Waals surface area contributed by atoms with Gasteiger partial charge in [-0.1, -0.05) is 29.4 Å². The largest absolute Gasteiger partial charge is 0.391 e. The maximum atomic E-state index is 9.12. The quantitative estimate of drug-likeness (QED) is 0.469. The van der Waals surface area contributed by atoms with Gasteiger partial charge in [0.15, 0.2) is 0 Å². The van der Waals surface area contributed by atoms with Gasteiger partial charge in [-0.15, -0.1) is 0 Å². The summed E-state index contributed by atoms with van der Waals surface area (Å²) in [6.07, 6.45) is 1.73. The van der Waals surface area contributed by atoms with Crippen LogP contribution in [-0.4, -0.2) is 10.8 Å². The molecule has 1 aromatic heterocycles. The molecular formula is C23H23N3O. The number of oxime groups is 1. The van der Waals surface area contributed by atoms with Crippen molar-refractivity contribution in [2.75, 3.05) is 0 Å². The number of nitriles is 1. The Balaban J connectivity index is 1.77. The fourth-order valence-corrected chi connectivity index (χ4v) is 3.14. The predicted molar refractivity (Wildman–Crippen MR) is 108 cm³/mol. The van der Waals surface area contributed by atoms with E-state index in [9.17, 15) is 0 Å². The van der Waals surface area contributed by atoms with E-state index in [2.05, 4.69) is 67.8 Å². The lowest BCUT2D eigenvalue weighted by molar-refractivity contribution is 0.132. The molecule has 0 aliphatic heterocycles. The van der Waals surface area contributed by atoms with Crippen molar-refractivity contribution in [3.63, 3.8) is 0 Å². The third kappa shape index (κ3) is 3.93. The second-order valence-electron chi connectivity index (χ2n) is 6.71. The molecule has 0 aliphatic carbocycles. The van der Waals surface area contributed by atoms with E-state index in [1.54, 1.807) is 12.3 Å². The summed E-state index contributed by atoms with van der Waals surface area (Å²) in [4.78, 5) is 5.42. The Hall–Kier alpha value is -3.32. The van der Waals surface area contributed by atoms with Crippen LogP contribution in [0.1, 0.15) is 39.2 Å². The van der Waals surface area contributed by atoms with E-state index in [-0.39, 0.29) is 6.61 Å². The topological polar surface area (TPSA) is 50.3 Å². The van der Waals surface area contributed by atoms with Crippen LogP contribution in [-0.2, 0) is 11.4 Å². The van der Waals surface area contributed by atoms with Crippen molar-refractivity contribution in [1.29, 1.82) is 5.26 Å². The highest BCUT2D eigenvalue weighted by Crippen LogP contribution is 2.22. The molecule has 0 saturated carbocycles. The molecular weight excluding hydrogens is 334 g/mol. The molecule has 0 atom stereocenters. The average Bonchev–Trinajstić information content (AvgIpc) is 2.95. The summed E-state index contributed by atoms with van der Waals surface area (Å²) < 4.78 is 2.22. The molecule has 0 saturated heterocycles. The Morgan fingerprint density at radius 1 is 1.04 bits per heavy atom. The molecule has 2 aromatic carbocycles. The van der Waals surface area contributed by atoms with Crippen LogP contribution in [0.3, 0.4) is 0 Å². The Kier molecular flexibility index (Phi) is 5.42. The summed E-state index contributed by atoms with van der Waals surface area (Å²) in [7, 11) is 0. The van der Waals surface area contributed by atoms with Gasteiger partial charge < -0.3 is 9.40 Å². The minimum absolute atomic E-state index is 0.274. The normalized spacial score (nSPS) is 10.9. The molecule has 4 heteroatoms. The zero-order valence-corrected chi connectivity index (χ0v) is 16.2. The summed E-state index contributed by atoms with van der Waals surface area (Å²) in [5.74, 6) is 0. The van der Waals surface area contributed by atoms with Crippen molar-refractivity contribution in [3.05, 3.63) is 87.7 Å². The van der Waals surface area contributed by atoms with Gasteiger partial charge in [-0.05, 0) is 63.1 Å². The highest BCUT2D eigenvalue weighted by molar-refractivity contribution is 5.81. The van der Waals surface area contributed by atoms with E-state index >= 15 is 0 Å². The first-order valence-electron chi connectivity index (χ1n) is 8.91. The monoisotopic (exact) mass is 357 g/mol. The second kappa shape index (κ2) is 7.92. The van der Waals surface area contributed by atoms with E-state index in [0.29, 0.717) is 5.56 Å². The summed E-state index contributed by atoms with van der Waals surface area (Å²) >= 11 is 0. The summed E-state index contributed by atoms with van der Waals surface area (Å²) in [5, 5.41) is 13.2. The summed E-state index contributed by atoms with van der Waals surface area (Å²) in [6.45, 7) is 8.69. The van der Waals surface area contributed by atoms with Gasteiger partial charge in [-0.3, -0.25) is 0 Å². The van der Waals surface area contributed by atoms with E-state index in [1.807, 2.05) is 18.2 Å². The van der Waals surface area contributed by atoms with Gasteiger partial charge in [0.1, 0.15) is 6.61 Å². The van der Waals surface area contributed by atoms with Gasteiger partial charge in [0, 0.05) is 28.2 Å². The number of hydrogen-bond acceptors (Lipinski definition) is 3. The molecule has 4 nitrogen and oxygen atoms in total. The molecule has 3 aromatic rings. The summed E-state index contributed by atoms with van der Waals surface area (Å²) in [6, 6.07) is 18.1. The van der Waals surface area contributed by atoms with Crippen molar-refractivity contribution in [1.82, 2.24) is 4.57 Å². The molecule has 0 N–H and O–H groups in total. The van der Waals surface area contributed by atoms with Crippen molar-refractivity contribution in [2.45, 2.75) is 34.3 Å². The number of aryl methyl sites for hydroxylation is 3. The first-order chi connectivity index (χ1) is 13.0. The number of hydrogen-bond donors (Lipinski definition) is 0. The van der Waals surface area contributed by atoms with Gasteiger partial charge in [0.2, 0.25) is 0 Å². The Labute approximate surface area is 160 Å². The van der Waals surface area contributed by atoms with Crippen molar-refractivity contribution < 1.29 is 4.84 Å². The average molecular weight is 357 g/mol. The summed E-state index contributed by atoms with van der Waals surface area (Å²) in [5.41, 5.74) is 8.42. The molecule has 136 valence electrons. The van der Waals surface area contributed by atoms with E-state index in [4.69, 9.17) is 10.1 Å². The third-order valence-electron chi connectivity index (χ3n) is 4.84. The number of nitrogens with zero attached hydrogens (tertiary/aromatic N) is 3. The van der Waals surface area contributed by atoms with Crippen LogP contribution in [0.25, 0.3) is 5.69 Å². The zero-order valence-electron chi connectivity index (χ0n) is 16.2. The van der Waals surface area contributed by atoms with Gasteiger partial charge in [0.05, 0.1) is 17.8 Å². The smallest absolute Gasteiger partial charge is 0.143 e. The van der Waals surface area contributed by atoms with Crippen LogP contribution in [0.2, 0.25) is 0 Å². The highest BCUT2D eigenvalue weighted by Gasteiger charge is 2.10. The Morgan fingerprint density at radius 3 is 2.56 bits per heavy atom. The molecule has 0 radical (unpaired) electrons. The standard InChI is InChI=1S/C23H23N3O/c1-16-9-10-23(11-17(16)2)26-18(3)12-22(19(26)4)14-25-27-15-21-8-6-5-7-20(21)13-24/h5-12,14H,15H2,1-4H3/b25-14-. The SMILES string of the molecule is Cc1ccc(-n2c(C)cc(/C=N\OCc3ccccc3C#N)c2C)cc1C. The maximum absolute atomic E-state index is 9.12. The van der Waals surface area contributed by atoms with Crippen molar-refractivity contribution in [2.24, 2.45) is 5.16 Å². The highest BCUT2D eigenvalue weighted by atomic mass is 16.6. The lowest BCUT2D eigenvalue weighted by Crippen LogP contribution is -2.00. The lowest BCUT2D eigenvalue weighted by atomic mass is 10.1. The molecule has 0 amide bonds. The van der Waals surface area contributed by atoms with Crippen LogP contribution in [0.15, 0.2) is 53.7 Å². The molecule has 0 bridgehead atoms. The van der Waals surface area contributed by atoms with Gasteiger partial charge in [0.25, 0.3) is 0 Å². The first kappa shape index (κ1) is 18.5. The van der Waals surface area contributed by atoms with E-state index in [1.165, 1.54) is 11.1 Å². The fourth-order valence-electron chi connectivity index (χ4n) is 3.14. The number of aromatic nitrogens is 1. The molecule has 0 fully saturated rings. The molecule has 3 rings (SSSR count). The maximum Gasteiger partial charge on any atom is 0.143 e. The van der Waals surface area contributed by atoms with Crippen LogP contribution in [0.5, 0.6) is 0 Å². The van der Waals surface area contributed by atoms with Gasteiger partial charge in [-0.25, -0.2) is 0 Å². The third-order valence-corrected chi connectivity index (χ3v) is 4.84. The Bertz CT molecular complexity index is 1040. The second-order valence-corrected chi connectivity index (χ2v) is 6.71. The minimum Gasteiger partial charge on any atom is -0.391 e. The fraction of sp³-hybridized carbons (Fsp3) is 0.217. The van der Waals surface area contributed by atoms with Crippen LogP contribution in [0, 0.1) is 39.0 Å². The Morgan fingerprint density at radius 2 is 1.81 bits per heavy atom. The van der Waals surface area contributed by atoms with Crippen LogP contribution < -0.4 is 0 Å². The van der Waals surface area contributed by atoms with Crippen molar-refractivity contribution in [3.8, 4) is 11.8 Å². The van der Waals surface area contributed by atoms with Crippen LogP contribution >= 0.6 is 0 Å². The minimum atomic E-state index is 0.274. The molecule has 0 aliphatic rings. The van der Waals surface area contributed by atoms with Gasteiger partial charge >= 0.3 is 0 Å². The number of benzene rings is 2. The van der Waals surface area contributed by atoms with Gasteiger partial charge in [-0.2, -0.15) is 5.26 Å².